The lowest BCUT2D eigenvalue weighted by Gasteiger charge is -2.43. The number of para-hydroxylation sites is 1. The number of nitrogens with zero attached hydrogens (tertiary/aromatic N) is 3. The molecule has 5 nitrogen and oxygen atoms in total. The van der Waals surface area contributed by atoms with Crippen molar-refractivity contribution in [3.63, 3.8) is 0 Å². The summed E-state index contributed by atoms with van der Waals surface area (Å²) in [5.41, 5.74) is 1.59. The molecule has 0 unspecified atom stereocenters. The zero-order chi connectivity index (χ0) is 15.6. The van der Waals surface area contributed by atoms with Crippen molar-refractivity contribution in [1.82, 2.24) is 14.5 Å². The minimum absolute atomic E-state index is 0.0616. The lowest BCUT2D eigenvalue weighted by atomic mass is 9.90. The quantitative estimate of drug-likeness (QED) is 0.856. The van der Waals surface area contributed by atoms with Crippen LogP contribution in [0.15, 0.2) is 42.9 Å². The van der Waals surface area contributed by atoms with Crippen LogP contribution in [-0.4, -0.2) is 45.7 Å². The summed E-state index contributed by atoms with van der Waals surface area (Å²) in [6.07, 6.45) is 8.05. The minimum atomic E-state index is 0.0616. The SMILES string of the molecule is O=C(c1cncn1-c1ccccc1)N1CCO[C@@H]2CCCC[C@@H]21. The first-order valence-electron chi connectivity index (χ1n) is 8.35. The number of hydrogen-bond donors (Lipinski definition) is 0. The van der Waals surface area contributed by atoms with Gasteiger partial charge in [0.05, 0.1) is 31.3 Å². The van der Waals surface area contributed by atoms with Crippen LogP contribution >= 0.6 is 0 Å². The first kappa shape index (κ1) is 14.5. The molecule has 0 N–H and O–H groups in total. The van der Waals surface area contributed by atoms with E-state index in [1.54, 1.807) is 12.5 Å². The molecular formula is C18H21N3O2. The average Bonchev–Trinajstić information content (AvgIpc) is 3.11. The molecule has 0 bridgehead atoms. The number of hydrogen-bond acceptors (Lipinski definition) is 3. The third kappa shape index (κ3) is 2.65. The molecule has 23 heavy (non-hydrogen) atoms. The van der Waals surface area contributed by atoms with Gasteiger partial charge in [0.1, 0.15) is 5.69 Å². The Bertz CT molecular complexity index is 681. The predicted molar refractivity (Wildman–Crippen MR) is 86.6 cm³/mol. The van der Waals surface area contributed by atoms with Gasteiger partial charge >= 0.3 is 0 Å². The van der Waals surface area contributed by atoms with E-state index >= 15 is 0 Å². The molecule has 1 aliphatic heterocycles. The van der Waals surface area contributed by atoms with Gasteiger partial charge in [-0.15, -0.1) is 0 Å². The smallest absolute Gasteiger partial charge is 0.272 e. The molecule has 1 aromatic carbocycles. The summed E-state index contributed by atoms with van der Waals surface area (Å²) in [6.45, 7) is 1.30. The number of aromatic nitrogens is 2. The van der Waals surface area contributed by atoms with Crippen LogP contribution in [0, 0.1) is 0 Å². The standard InChI is InChI=1S/C18H21N3O2/c22-18(20-10-11-23-17-9-5-4-8-15(17)20)16-12-19-13-21(16)14-6-2-1-3-7-14/h1-3,6-7,12-13,15,17H,4-5,8-11H2/t15-,17+/m0/s1. The highest BCUT2D eigenvalue weighted by atomic mass is 16.5. The van der Waals surface area contributed by atoms with E-state index in [0.29, 0.717) is 18.8 Å². The van der Waals surface area contributed by atoms with Crippen LogP contribution in [0.25, 0.3) is 5.69 Å². The Morgan fingerprint density at radius 3 is 2.87 bits per heavy atom. The second-order valence-corrected chi connectivity index (χ2v) is 6.24. The van der Waals surface area contributed by atoms with Gasteiger partial charge in [0.15, 0.2) is 0 Å². The van der Waals surface area contributed by atoms with Crippen molar-refractivity contribution < 1.29 is 9.53 Å². The maximum Gasteiger partial charge on any atom is 0.272 e. The summed E-state index contributed by atoms with van der Waals surface area (Å²) in [6, 6.07) is 10.1. The van der Waals surface area contributed by atoms with E-state index in [1.165, 1.54) is 12.8 Å². The van der Waals surface area contributed by atoms with Crippen molar-refractivity contribution in [2.45, 2.75) is 37.8 Å². The van der Waals surface area contributed by atoms with Crippen molar-refractivity contribution in [2.24, 2.45) is 0 Å². The Kier molecular flexibility index (Phi) is 3.87. The molecule has 0 spiro atoms. The van der Waals surface area contributed by atoms with Crippen molar-refractivity contribution in [2.75, 3.05) is 13.2 Å². The van der Waals surface area contributed by atoms with Crippen LogP contribution in [0.1, 0.15) is 36.2 Å². The normalized spacial score (nSPS) is 24.3. The summed E-state index contributed by atoms with van der Waals surface area (Å²) in [5.74, 6) is 0.0616. The zero-order valence-corrected chi connectivity index (χ0v) is 13.1. The summed E-state index contributed by atoms with van der Waals surface area (Å²) < 4.78 is 7.75. The summed E-state index contributed by atoms with van der Waals surface area (Å²) in [4.78, 5) is 19.3. The van der Waals surface area contributed by atoms with Crippen LogP contribution in [0.2, 0.25) is 0 Å². The van der Waals surface area contributed by atoms with E-state index in [9.17, 15) is 4.79 Å². The molecule has 1 saturated carbocycles. The largest absolute Gasteiger partial charge is 0.374 e. The third-order valence-electron chi connectivity index (χ3n) is 4.88. The summed E-state index contributed by atoms with van der Waals surface area (Å²) in [7, 11) is 0. The Hall–Kier alpha value is -2.14. The van der Waals surface area contributed by atoms with Crippen molar-refractivity contribution in [1.29, 1.82) is 0 Å². The second kappa shape index (κ2) is 6.16. The molecule has 2 heterocycles. The molecule has 2 aliphatic rings. The molecule has 2 fully saturated rings. The van der Waals surface area contributed by atoms with Crippen molar-refractivity contribution in [3.05, 3.63) is 48.5 Å². The molecule has 0 radical (unpaired) electrons. The van der Waals surface area contributed by atoms with Gasteiger partial charge in [0.25, 0.3) is 5.91 Å². The Morgan fingerprint density at radius 2 is 2.00 bits per heavy atom. The Balaban J connectivity index is 1.63. The van der Waals surface area contributed by atoms with E-state index in [1.807, 2.05) is 39.8 Å². The van der Waals surface area contributed by atoms with Crippen LogP contribution in [-0.2, 0) is 4.74 Å². The molecular weight excluding hydrogens is 290 g/mol. The topological polar surface area (TPSA) is 47.4 Å². The number of ether oxygens (including phenoxy) is 1. The van der Waals surface area contributed by atoms with Gasteiger partial charge in [-0.2, -0.15) is 0 Å². The van der Waals surface area contributed by atoms with Crippen LogP contribution in [0.5, 0.6) is 0 Å². The van der Waals surface area contributed by atoms with Gasteiger partial charge in [-0.3, -0.25) is 9.36 Å². The fraction of sp³-hybridized carbons (Fsp3) is 0.444. The van der Waals surface area contributed by atoms with Gasteiger partial charge < -0.3 is 9.64 Å². The lowest BCUT2D eigenvalue weighted by Crippen LogP contribution is -2.55. The monoisotopic (exact) mass is 311 g/mol. The predicted octanol–water partition coefficient (Wildman–Crippen LogP) is 2.66. The van der Waals surface area contributed by atoms with E-state index in [4.69, 9.17) is 4.74 Å². The summed E-state index contributed by atoms with van der Waals surface area (Å²) >= 11 is 0. The number of morpholine rings is 1. The molecule has 5 heteroatoms. The van der Waals surface area contributed by atoms with Gasteiger partial charge in [-0.25, -0.2) is 4.98 Å². The van der Waals surface area contributed by atoms with Crippen LogP contribution in [0.4, 0.5) is 0 Å². The number of carbonyl (C=O) groups excluding carboxylic acids is 1. The molecule has 1 amide bonds. The van der Waals surface area contributed by atoms with Gasteiger partial charge in [0.2, 0.25) is 0 Å². The average molecular weight is 311 g/mol. The first-order valence-corrected chi connectivity index (χ1v) is 8.35. The molecule has 1 aromatic heterocycles. The number of fused-ring (bicyclic) bond motifs is 1. The Labute approximate surface area is 135 Å². The van der Waals surface area contributed by atoms with Gasteiger partial charge in [-0.05, 0) is 25.0 Å². The van der Waals surface area contributed by atoms with E-state index in [-0.39, 0.29) is 18.1 Å². The highest BCUT2D eigenvalue weighted by molar-refractivity contribution is 5.93. The molecule has 4 rings (SSSR count). The highest BCUT2D eigenvalue weighted by Gasteiger charge is 2.37. The van der Waals surface area contributed by atoms with Crippen LogP contribution < -0.4 is 0 Å². The number of carbonyl (C=O) groups is 1. The summed E-state index contributed by atoms with van der Waals surface area (Å²) in [5, 5.41) is 0. The van der Waals surface area contributed by atoms with E-state index < -0.39 is 0 Å². The minimum Gasteiger partial charge on any atom is -0.374 e. The Morgan fingerprint density at radius 1 is 1.17 bits per heavy atom. The number of rotatable bonds is 2. The lowest BCUT2D eigenvalue weighted by molar-refractivity contribution is -0.0754. The first-order chi connectivity index (χ1) is 11.3. The number of imidazole rings is 1. The highest BCUT2D eigenvalue weighted by Crippen LogP contribution is 2.29. The van der Waals surface area contributed by atoms with Crippen LogP contribution in [0.3, 0.4) is 0 Å². The third-order valence-corrected chi connectivity index (χ3v) is 4.88. The molecule has 2 aromatic rings. The van der Waals surface area contributed by atoms with Gasteiger partial charge in [0, 0.05) is 12.2 Å². The molecule has 1 aliphatic carbocycles. The molecule has 1 saturated heterocycles. The fourth-order valence-corrected chi connectivity index (χ4v) is 3.74. The zero-order valence-electron chi connectivity index (χ0n) is 13.1. The van der Waals surface area contributed by atoms with E-state index in [0.717, 1.165) is 18.5 Å². The molecule has 120 valence electrons. The number of benzene rings is 1. The molecule has 2 atom stereocenters. The second-order valence-electron chi connectivity index (χ2n) is 6.24. The fourth-order valence-electron chi connectivity index (χ4n) is 3.74. The maximum atomic E-state index is 13.1. The van der Waals surface area contributed by atoms with Crippen molar-refractivity contribution >= 4 is 5.91 Å². The number of amides is 1. The van der Waals surface area contributed by atoms with E-state index in [2.05, 4.69) is 4.98 Å². The van der Waals surface area contributed by atoms with Crippen molar-refractivity contribution in [3.8, 4) is 5.69 Å². The maximum absolute atomic E-state index is 13.1. The van der Waals surface area contributed by atoms with Gasteiger partial charge in [-0.1, -0.05) is 31.0 Å².